The molecular weight excluding hydrogens is 148 g/mol. The number of hydrazone groups is 1. The van der Waals surface area contributed by atoms with Gasteiger partial charge in [-0.3, -0.25) is 0 Å². The maximum atomic E-state index is 5.45. The molecule has 2 aliphatic rings. The van der Waals surface area contributed by atoms with Gasteiger partial charge in [0.2, 0.25) is 0 Å². The van der Waals surface area contributed by atoms with Crippen LogP contribution in [0.1, 0.15) is 51.4 Å². The summed E-state index contributed by atoms with van der Waals surface area (Å²) in [5, 5.41) is 4.00. The molecule has 0 aliphatic heterocycles. The van der Waals surface area contributed by atoms with Gasteiger partial charge in [-0.25, -0.2) is 0 Å². The fraction of sp³-hybridized carbons (Fsp3) is 0.900. The van der Waals surface area contributed by atoms with Crippen LogP contribution in [0.3, 0.4) is 0 Å². The second-order valence-corrected chi connectivity index (χ2v) is 4.27. The van der Waals surface area contributed by atoms with Gasteiger partial charge in [0.05, 0.1) is 0 Å². The van der Waals surface area contributed by atoms with Gasteiger partial charge < -0.3 is 5.84 Å². The number of hydrogen-bond acceptors (Lipinski definition) is 2. The van der Waals surface area contributed by atoms with Crippen LogP contribution in [0.4, 0.5) is 0 Å². The molecule has 2 aliphatic carbocycles. The van der Waals surface area contributed by atoms with Gasteiger partial charge in [0.25, 0.3) is 0 Å². The molecule has 0 heterocycles. The maximum absolute atomic E-state index is 5.45. The smallest absolute Gasteiger partial charge is 0.0437 e. The van der Waals surface area contributed by atoms with Crippen molar-refractivity contribution < 1.29 is 0 Å². The SMILES string of the molecule is N/N=C1/CCCCC12CCCC2. The van der Waals surface area contributed by atoms with Crippen molar-refractivity contribution in [3.63, 3.8) is 0 Å². The Labute approximate surface area is 74.2 Å². The summed E-state index contributed by atoms with van der Waals surface area (Å²) < 4.78 is 0. The Kier molecular flexibility index (Phi) is 2.07. The highest BCUT2D eigenvalue weighted by atomic mass is 15.1. The average molecular weight is 166 g/mol. The Morgan fingerprint density at radius 1 is 1.00 bits per heavy atom. The van der Waals surface area contributed by atoms with E-state index in [1.807, 2.05) is 0 Å². The van der Waals surface area contributed by atoms with Crippen molar-refractivity contribution in [2.45, 2.75) is 51.4 Å². The minimum Gasteiger partial charge on any atom is -0.323 e. The van der Waals surface area contributed by atoms with Crippen LogP contribution in [0, 0.1) is 5.41 Å². The highest BCUT2D eigenvalue weighted by Gasteiger charge is 2.39. The van der Waals surface area contributed by atoms with Crippen LogP contribution >= 0.6 is 0 Å². The van der Waals surface area contributed by atoms with Gasteiger partial charge in [-0.1, -0.05) is 19.3 Å². The molecule has 2 heteroatoms. The predicted octanol–water partition coefficient (Wildman–Crippen LogP) is 2.44. The van der Waals surface area contributed by atoms with Gasteiger partial charge in [0.15, 0.2) is 0 Å². The van der Waals surface area contributed by atoms with E-state index < -0.39 is 0 Å². The number of rotatable bonds is 0. The zero-order chi connectivity index (χ0) is 8.44. The summed E-state index contributed by atoms with van der Waals surface area (Å²) in [6.07, 6.45) is 10.7. The van der Waals surface area contributed by atoms with Crippen molar-refractivity contribution in [1.82, 2.24) is 0 Å². The monoisotopic (exact) mass is 166 g/mol. The molecule has 0 saturated heterocycles. The molecule has 2 nitrogen and oxygen atoms in total. The lowest BCUT2D eigenvalue weighted by atomic mass is 9.71. The number of hydrogen-bond donors (Lipinski definition) is 1. The van der Waals surface area contributed by atoms with E-state index in [2.05, 4.69) is 5.10 Å². The molecule has 0 aromatic heterocycles. The molecule has 0 unspecified atom stereocenters. The first-order chi connectivity index (χ1) is 5.87. The van der Waals surface area contributed by atoms with Crippen LogP contribution in [0.5, 0.6) is 0 Å². The summed E-state index contributed by atoms with van der Waals surface area (Å²) in [5.41, 5.74) is 1.79. The molecule has 68 valence electrons. The van der Waals surface area contributed by atoms with Crippen molar-refractivity contribution in [2.24, 2.45) is 16.4 Å². The summed E-state index contributed by atoms with van der Waals surface area (Å²) in [7, 11) is 0. The lowest BCUT2D eigenvalue weighted by Crippen LogP contribution is -2.32. The maximum Gasteiger partial charge on any atom is 0.0437 e. The molecule has 2 N–H and O–H groups in total. The van der Waals surface area contributed by atoms with Gasteiger partial charge in [-0.15, -0.1) is 0 Å². The first kappa shape index (κ1) is 8.09. The molecule has 2 fully saturated rings. The second kappa shape index (κ2) is 3.08. The van der Waals surface area contributed by atoms with E-state index in [4.69, 9.17) is 5.84 Å². The lowest BCUT2D eigenvalue weighted by molar-refractivity contribution is 0.349. The predicted molar refractivity (Wildman–Crippen MR) is 51.0 cm³/mol. The van der Waals surface area contributed by atoms with E-state index in [1.165, 1.54) is 50.7 Å². The summed E-state index contributed by atoms with van der Waals surface area (Å²) in [6, 6.07) is 0. The normalized spacial score (nSPS) is 31.5. The van der Waals surface area contributed by atoms with Crippen LogP contribution in [0.15, 0.2) is 5.10 Å². The molecule has 0 bridgehead atoms. The third-order valence-electron chi connectivity index (χ3n) is 3.65. The van der Waals surface area contributed by atoms with Crippen molar-refractivity contribution in [2.75, 3.05) is 0 Å². The molecule has 12 heavy (non-hydrogen) atoms. The fourth-order valence-electron chi connectivity index (χ4n) is 2.96. The minimum atomic E-state index is 0.465. The van der Waals surface area contributed by atoms with E-state index in [1.54, 1.807) is 0 Å². The Morgan fingerprint density at radius 2 is 1.58 bits per heavy atom. The first-order valence-electron chi connectivity index (χ1n) is 5.15. The van der Waals surface area contributed by atoms with E-state index in [0.717, 1.165) is 6.42 Å². The number of nitrogens with two attached hydrogens (primary N) is 1. The lowest BCUT2D eigenvalue weighted by Gasteiger charge is -2.34. The van der Waals surface area contributed by atoms with E-state index in [9.17, 15) is 0 Å². The summed E-state index contributed by atoms with van der Waals surface area (Å²) in [5.74, 6) is 5.45. The van der Waals surface area contributed by atoms with Crippen LogP contribution in [-0.2, 0) is 0 Å². The van der Waals surface area contributed by atoms with E-state index in [0.29, 0.717) is 5.41 Å². The Balaban J connectivity index is 2.19. The highest BCUT2D eigenvalue weighted by Crippen LogP contribution is 2.47. The van der Waals surface area contributed by atoms with Crippen molar-refractivity contribution >= 4 is 5.71 Å². The van der Waals surface area contributed by atoms with Gasteiger partial charge in [-0.2, -0.15) is 5.10 Å². The summed E-state index contributed by atoms with van der Waals surface area (Å²) in [4.78, 5) is 0. The molecule has 0 amide bonds. The second-order valence-electron chi connectivity index (χ2n) is 4.27. The molecule has 0 aromatic rings. The van der Waals surface area contributed by atoms with Crippen molar-refractivity contribution in [3.8, 4) is 0 Å². The fourth-order valence-corrected chi connectivity index (χ4v) is 2.96. The molecule has 0 aromatic carbocycles. The van der Waals surface area contributed by atoms with Crippen LogP contribution in [-0.4, -0.2) is 5.71 Å². The van der Waals surface area contributed by atoms with Crippen molar-refractivity contribution in [3.05, 3.63) is 0 Å². The largest absolute Gasteiger partial charge is 0.323 e. The van der Waals surface area contributed by atoms with Crippen LogP contribution < -0.4 is 5.84 Å². The number of nitrogens with zero attached hydrogens (tertiary/aromatic N) is 1. The first-order valence-corrected chi connectivity index (χ1v) is 5.15. The standard InChI is InChI=1S/C10H18N2/c11-12-9-5-1-2-6-10(9)7-3-4-8-10/h1-8,11H2/b12-9-. The summed E-state index contributed by atoms with van der Waals surface area (Å²) >= 11 is 0. The van der Waals surface area contributed by atoms with Gasteiger partial charge in [-0.05, 0) is 32.1 Å². The Bertz CT molecular complexity index is 190. The van der Waals surface area contributed by atoms with Gasteiger partial charge >= 0.3 is 0 Å². The molecule has 0 atom stereocenters. The molecular formula is C10H18N2. The Morgan fingerprint density at radius 3 is 2.17 bits per heavy atom. The van der Waals surface area contributed by atoms with Crippen LogP contribution in [0.2, 0.25) is 0 Å². The van der Waals surface area contributed by atoms with E-state index in [-0.39, 0.29) is 0 Å². The van der Waals surface area contributed by atoms with E-state index >= 15 is 0 Å². The molecule has 0 radical (unpaired) electrons. The quantitative estimate of drug-likeness (QED) is 0.435. The third kappa shape index (κ3) is 1.13. The molecule has 2 saturated carbocycles. The minimum absolute atomic E-state index is 0.465. The molecule has 1 spiro atoms. The Hall–Kier alpha value is -0.530. The van der Waals surface area contributed by atoms with Gasteiger partial charge in [0, 0.05) is 11.1 Å². The highest BCUT2D eigenvalue weighted by molar-refractivity contribution is 5.90. The average Bonchev–Trinajstić information content (AvgIpc) is 2.55. The summed E-state index contributed by atoms with van der Waals surface area (Å²) in [6.45, 7) is 0. The zero-order valence-electron chi connectivity index (χ0n) is 7.68. The zero-order valence-corrected chi connectivity index (χ0v) is 7.68. The topological polar surface area (TPSA) is 38.4 Å². The molecule has 2 rings (SSSR count). The van der Waals surface area contributed by atoms with Crippen LogP contribution in [0.25, 0.3) is 0 Å². The van der Waals surface area contributed by atoms with Gasteiger partial charge in [0.1, 0.15) is 0 Å². The van der Waals surface area contributed by atoms with Crippen molar-refractivity contribution in [1.29, 1.82) is 0 Å². The third-order valence-corrected chi connectivity index (χ3v) is 3.65.